The molecule has 7 nitrogen and oxygen atoms in total. The summed E-state index contributed by atoms with van der Waals surface area (Å²) in [5.41, 5.74) is 2.22. The van der Waals surface area contributed by atoms with Crippen molar-refractivity contribution < 1.29 is 13.9 Å². The monoisotopic (exact) mass is 541 g/mol. The summed E-state index contributed by atoms with van der Waals surface area (Å²) in [5, 5.41) is 1.27. The van der Waals surface area contributed by atoms with Gasteiger partial charge in [-0.25, -0.2) is 9.97 Å². The van der Waals surface area contributed by atoms with E-state index in [2.05, 4.69) is 15.9 Å². The summed E-state index contributed by atoms with van der Waals surface area (Å²) in [6, 6.07) is 13.2. The number of halogens is 1. The Kier molecular flexibility index (Phi) is 6.76. The van der Waals surface area contributed by atoms with E-state index in [1.807, 2.05) is 49.4 Å². The molecule has 34 heavy (non-hydrogen) atoms. The first kappa shape index (κ1) is 23.1. The summed E-state index contributed by atoms with van der Waals surface area (Å²) >= 11 is 4.98. The molecule has 5 rings (SSSR count). The topological polar surface area (TPSA) is 79.4 Å². The maximum absolute atomic E-state index is 13.3. The molecular formula is C25H24BrN3O4S. The van der Waals surface area contributed by atoms with E-state index in [0.29, 0.717) is 40.0 Å². The molecule has 1 atom stereocenters. The lowest BCUT2D eigenvalue weighted by Gasteiger charge is -2.16. The first-order valence-corrected chi connectivity index (χ1v) is 12.9. The van der Waals surface area contributed by atoms with E-state index in [1.165, 1.54) is 11.8 Å². The highest BCUT2D eigenvalue weighted by Crippen LogP contribution is 2.34. The number of rotatable bonds is 7. The van der Waals surface area contributed by atoms with E-state index in [0.717, 1.165) is 40.9 Å². The lowest BCUT2D eigenvalue weighted by atomic mass is 10.2. The summed E-state index contributed by atoms with van der Waals surface area (Å²) < 4.78 is 19.9. The average molecular weight is 542 g/mol. The Morgan fingerprint density at radius 3 is 2.88 bits per heavy atom. The van der Waals surface area contributed by atoms with Crippen molar-refractivity contribution in [2.75, 3.05) is 13.7 Å². The van der Waals surface area contributed by atoms with Crippen LogP contribution in [0.4, 0.5) is 0 Å². The fraction of sp³-hybridized carbons (Fsp3) is 0.320. The van der Waals surface area contributed by atoms with Crippen LogP contribution in [0.1, 0.15) is 24.3 Å². The summed E-state index contributed by atoms with van der Waals surface area (Å²) in [5.74, 6) is 2.42. The summed E-state index contributed by atoms with van der Waals surface area (Å²) in [6.07, 6.45) is 2.00. The smallest absolute Gasteiger partial charge is 0.262 e. The van der Waals surface area contributed by atoms with Gasteiger partial charge in [0.15, 0.2) is 5.16 Å². The van der Waals surface area contributed by atoms with Gasteiger partial charge in [-0.05, 0) is 50.1 Å². The van der Waals surface area contributed by atoms with E-state index >= 15 is 0 Å². The molecule has 176 valence electrons. The van der Waals surface area contributed by atoms with Crippen molar-refractivity contribution in [2.45, 2.75) is 43.3 Å². The third-order valence-corrected chi connectivity index (χ3v) is 7.34. The van der Waals surface area contributed by atoms with Crippen LogP contribution in [0.2, 0.25) is 0 Å². The third kappa shape index (κ3) is 4.64. The molecule has 0 saturated carbocycles. The van der Waals surface area contributed by atoms with Gasteiger partial charge in [0, 0.05) is 16.8 Å². The normalized spacial score (nSPS) is 15.8. The van der Waals surface area contributed by atoms with Gasteiger partial charge in [-0.2, -0.15) is 0 Å². The molecule has 9 heteroatoms. The standard InChI is InChI=1S/C25H24BrN3O4S/c1-15-21(27-23(33-15)19-12-16(26)9-10-22(19)31-2)14-34-25-28-20-8-4-3-7-18(20)24(30)29(25)13-17-6-5-11-32-17/h3-4,7-10,12,17H,5-6,11,13-14H2,1-2H3/t17-/m0/s1. The van der Waals surface area contributed by atoms with Crippen LogP contribution in [0.5, 0.6) is 5.75 Å². The third-order valence-electron chi connectivity index (χ3n) is 5.86. The lowest BCUT2D eigenvalue weighted by molar-refractivity contribution is 0.0937. The number of aryl methyl sites for hydroxylation is 1. The van der Waals surface area contributed by atoms with E-state index in [-0.39, 0.29) is 11.7 Å². The van der Waals surface area contributed by atoms with Crippen molar-refractivity contribution in [3.63, 3.8) is 0 Å². The molecule has 0 unspecified atom stereocenters. The van der Waals surface area contributed by atoms with Gasteiger partial charge in [0.1, 0.15) is 11.5 Å². The van der Waals surface area contributed by atoms with Crippen LogP contribution in [0.15, 0.2) is 61.3 Å². The number of ether oxygens (including phenoxy) is 2. The molecule has 0 bridgehead atoms. The predicted molar refractivity (Wildman–Crippen MR) is 135 cm³/mol. The molecule has 1 saturated heterocycles. The number of fused-ring (bicyclic) bond motifs is 1. The molecule has 0 N–H and O–H groups in total. The number of nitrogens with zero attached hydrogens (tertiary/aromatic N) is 3. The van der Waals surface area contributed by atoms with E-state index < -0.39 is 0 Å². The van der Waals surface area contributed by atoms with Crippen molar-refractivity contribution in [1.29, 1.82) is 0 Å². The Bertz CT molecular complexity index is 1390. The average Bonchev–Trinajstić information content (AvgIpc) is 3.49. The highest BCUT2D eigenvalue weighted by molar-refractivity contribution is 9.10. The highest BCUT2D eigenvalue weighted by Gasteiger charge is 2.21. The van der Waals surface area contributed by atoms with Gasteiger partial charge in [0.05, 0.1) is 41.9 Å². The number of thioether (sulfide) groups is 1. The van der Waals surface area contributed by atoms with Gasteiger partial charge in [-0.1, -0.05) is 39.8 Å². The zero-order valence-electron chi connectivity index (χ0n) is 18.9. The number of methoxy groups -OCH3 is 1. The van der Waals surface area contributed by atoms with Crippen LogP contribution in [0.3, 0.4) is 0 Å². The molecule has 1 aliphatic rings. The molecule has 0 spiro atoms. The second-order valence-corrected chi connectivity index (χ2v) is 9.98. The maximum atomic E-state index is 13.3. The number of aromatic nitrogens is 3. The molecule has 2 aromatic heterocycles. The number of benzene rings is 2. The maximum Gasteiger partial charge on any atom is 0.262 e. The van der Waals surface area contributed by atoms with Gasteiger partial charge < -0.3 is 13.9 Å². The van der Waals surface area contributed by atoms with Crippen LogP contribution < -0.4 is 10.3 Å². The molecule has 0 amide bonds. The Morgan fingerprint density at radius 2 is 2.09 bits per heavy atom. The van der Waals surface area contributed by atoms with Crippen molar-refractivity contribution in [3.8, 4) is 17.2 Å². The van der Waals surface area contributed by atoms with Crippen molar-refractivity contribution in [3.05, 3.63) is 68.7 Å². The van der Waals surface area contributed by atoms with E-state index in [1.54, 1.807) is 11.7 Å². The first-order chi connectivity index (χ1) is 16.5. The number of oxazole rings is 1. The summed E-state index contributed by atoms with van der Waals surface area (Å²) in [4.78, 5) is 22.9. The van der Waals surface area contributed by atoms with Crippen molar-refractivity contribution in [1.82, 2.24) is 14.5 Å². The Labute approximate surface area is 209 Å². The van der Waals surface area contributed by atoms with Gasteiger partial charge in [-0.15, -0.1) is 0 Å². The Morgan fingerprint density at radius 1 is 1.24 bits per heavy atom. The quantitative estimate of drug-likeness (QED) is 0.222. The minimum atomic E-state index is -0.0416. The first-order valence-electron chi connectivity index (χ1n) is 11.1. The number of para-hydroxylation sites is 1. The van der Waals surface area contributed by atoms with Crippen LogP contribution >= 0.6 is 27.7 Å². The zero-order valence-corrected chi connectivity index (χ0v) is 21.3. The highest BCUT2D eigenvalue weighted by atomic mass is 79.9. The van der Waals surface area contributed by atoms with E-state index in [4.69, 9.17) is 23.9 Å². The van der Waals surface area contributed by atoms with E-state index in [9.17, 15) is 4.79 Å². The molecule has 1 aliphatic heterocycles. The fourth-order valence-electron chi connectivity index (χ4n) is 4.07. The molecule has 0 aliphatic carbocycles. The van der Waals surface area contributed by atoms with Gasteiger partial charge in [0.25, 0.3) is 5.56 Å². The SMILES string of the molecule is COc1ccc(Br)cc1-c1nc(CSc2nc3ccccc3c(=O)n2C[C@@H]2CCCO2)c(C)o1. The minimum Gasteiger partial charge on any atom is -0.496 e. The fourth-order valence-corrected chi connectivity index (χ4v) is 5.44. The van der Waals surface area contributed by atoms with Crippen molar-refractivity contribution >= 4 is 38.6 Å². The number of hydrogen-bond donors (Lipinski definition) is 0. The predicted octanol–water partition coefficient (Wildman–Crippen LogP) is 5.60. The summed E-state index contributed by atoms with van der Waals surface area (Å²) in [6.45, 7) is 3.13. The van der Waals surface area contributed by atoms with Crippen molar-refractivity contribution in [2.24, 2.45) is 0 Å². The van der Waals surface area contributed by atoms with Gasteiger partial charge >= 0.3 is 0 Å². The zero-order chi connectivity index (χ0) is 23.7. The lowest BCUT2D eigenvalue weighted by Crippen LogP contribution is -2.28. The molecular weight excluding hydrogens is 518 g/mol. The second kappa shape index (κ2) is 9.93. The Balaban J connectivity index is 1.46. The van der Waals surface area contributed by atoms with Crippen LogP contribution in [0, 0.1) is 6.92 Å². The minimum absolute atomic E-state index is 0.0318. The largest absolute Gasteiger partial charge is 0.496 e. The van der Waals surface area contributed by atoms with Crippen LogP contribution in [0.25, 0.3) is 22.4 Å². The van der Waals surface area contributed by atoms with Gasteiger partial charge in [0.2, 0.25) is 5.89 Å². The number of hydrogen-bond acceptors (Lipinski definition) is 7. The van der Waals surface area contributed by atoms with Crippen LogP contribution in [-0.2, 0) is 17.0 Å². The van der Waals surface area contributed by atoms with Gasteiger partial charge in [-0.3, -0.25) is 9.36 Å². The second-order valence-electron chi connectivity index (χ2n) is 8.12. The Hall–Kier alpha value is -2.62. The summed E-state index contributed by atoms with van der Waals surface area (Å²) in [7, 11) is 1.62. The molecule has 2 aromatic carbocycles. The molecule has 3 heterocycles. The molecule has 0 radical (unpaired) electrons. The molecule has 1 fully saturated rings. The van der Waals surface area contributed by atoms with Crippen LogP contribution in [-0.4, -0.2) is 34.4 Å². The molecule has 4 aromatic rings.